The van der Waals surface area contributed by atoms with E-state index in [-0.39, 0.29) is 23.0 Å². The van der Waals surface area contributed by atoms with Gasteiger partial charge in [-0.05, 0) is 37.5 Å². The van der Waals surface area contributed by atoms with Gasteiger partial charge < -0.3 is 5.32 Å². The average molecular weight is 283 g/mol. The molecule has 1 aromatic rings. The quantitative estimate of drug-likeness (QED) is 0.861. The van der Waals surface area contributed by atoms with Crippen LogP contribution in [0.1, 0.15) is 38.5 Å². The zero-order valence-corrected chi connectivity index (χ0v) is 12.8. The molecule has 0 fully saturated rings. The van der Waals surface area contributed by atoms with E-state index in [1.165, 1.54) is 12.1 Å². The van der Waals surface area contributed by atoms with E-state index < -0.39 is 0 Å². The zero-order valence-electron chi connectivity index (χ0n) is 11.9. The van der Waals surface area contributed by atoms with Gasteiger partial charge >= 0.3 is 0 Å². The van der Waals surface area contributed by atoms with Crippen LogP contribution in [0.2, 0.25) is 0 Å². The maximum atomic E-state index is 12.8. The second-order valence-corrected chi connectivity index (χ2v) is 6.43. The Bertz CT molecular complexity index is 405. The van der Waals surface area contributed by atoms with Crippen molar-refractivity contribution in [1.29, 1.82) is 0 Å². The highest BCUT2D eigenvalue weighted by Gasteiger charge is 2.13. The van der Waals surface area contributed by atoms with Gasteiger partial charge in [0.25, 0.3) is 0 Å². The molecule has 0 aliphatic carbocycles. The second-order valence-electron chi connectivity index (χ2n) is 5.10. The number of thioether (sulfide) groups is 1. The Kier molecular flexibility index (Phi) is 6.35. The van der Waals surface area contributed by atoms with Crippen LogP contribution in [0, 0.1) is 11.7 Å². The lowest BCUT2D eigenvalue weighted by molar-refractivity contribution is -0.119. The molecule has 2 nitrogen and oxygen atoms in total. The Morgan fingerprint density at radius 1 is 1.21 bits per heavy atom. The third-order valence-electron chi connectivity index (χ3n) is 3.19. The summed E-state index contributed by atoms with van der Waals surface area (Å²) in [5.41, 5.74) is 1.04. The van der Waals surface area contributed by atoms with Gasteiger partial charge in [-0.25, -0.2) is 4.39 Å². The lowest BCUT2D eigenvalue weighted by atomic mass is 10.1. The third-order valence-corrected chi connectivity index (χ3v) is 4.39. The summed E-state index contributed by atoms with van der Waals surface area (Å²) < 4.78 is 12.8. The SMILES string of the molecule is CC(SCC(=O)NC(C)C(C)C)c1ccc(F)cc1. The monoisotopic (exact) mass is 283 g/mol. The van der Waals surface area contributed by atoms with Crippen LogP contribution in [-0.4, -0.2) is 17.7 Å². The van der Waals surface area contributed by atoms with Gasteiger partial charge in [0, 0.05) is 11.3 Å². The van der Waals surface area contributed by atoms with Gasteiger partial charge in [-0.3, -0.25) is 4.79 Å². The first-order chi connectivity index (χ1) is 8.90. The van der Waals surface area contributed by atoms with Crippen molar-refractivity contribution in [3.8, 4) is 0 Å². The smallest absolute Gasteiger partial charge is 0.230 e. The summed E-state index contributed by atoms with van der Waals surface area (Å²) in [5, 5.41) is 3.16. The summed E-state index contributed by atoms with van der Waals surface area (Å²) in [6, 6.07) is 6.62. The van der Waals surface area contributed by atoms with Gasteiger partial charge in [0.1, 0.15) is 5.82 Å². The van der Waals surface area contributed by atoms with Gasteiger partial charge in [-0.1, -0.05) is 26.0 Å². The molecule has 0 saturated heterocycles. The summed E-state index contributed by atoms with van der Waals surface area (Å²) in [4.78, 5) is 11.8. The van der Waals surface area contributed by atoms with Crippen molar-refractivity contribution in [2.45, 2.75) is 39.0 Å². The van der Waals surface area contributed by atoms with E-state index in [9.17, 15) is 9.18 Å². The maximum Gasteiger partial charge on any atom is 0.230 e. The van der Waals surface area contributed by atoms with Crippen molar-refractivity contribution < 1.29 is 9.18 Å². The first-order valence-electron chi connectivity index (χ1n) is 6.56. The highest BCUT2D eigenvalue weighted by atomic mass is 32.2. The van der Waals surface area contributed by atoms with E-state index in [1.54, 1.807) is 23.9 Å². The minimum Gasteiger partial charge on any atom is -0.353 e. The fourth-order valence-corrected chi connectivity index (χ4v) is 2.33. The fraction of sp³-hybridized carbons (Fsp3) is 0.533. The molecule has 0 aliphatic rings. The number of hydrogen-bond acceptors (Lipinski definition) is 2. The van der Waals surface area contributed by atoms with E-state index in [4.69, 9.17) is 0 Å². The summed E-state index contributed by atoms with van der Waals surface area (Å²) in [6.45, 7) is 8.20. The highest BCUT2D eigenvalue weighted by Crippen LogP contribution is 2.27. The molecular formula is C15H22FNOS. The van der Waals surface area contributed by atoms with Gasteiger partial charge in [-0.2, -0.15) is 0 Å². The van der Waals surface area contributed by atoms with E-state index in [2.05, 4.69) is 19.2 Å². The standard InChI is InChI=1S/C15H22FNOS/c1-10(2)11(3)17-15(18)9-19-12(4)13-5-7-14(16)8-6-13/h5-8,10-12H,9H2,1-4H3,(H,17,18). The van der Waals surface area contributed by atoms with Crippen molar-refractivity contribution in [2.24, 2.45) is 5.92 Å². The van der Waals surface area contributed by atoms with Crippen molar-refractivity contribution in [3.63, 3.8) is 0 Å². The largest absolute Gasteiger partial charge is 0.353 e. The minimum absolute atomic E-state index is 0.0557. The van der Waals surface area contributed by atoms with Gasteiger partial charge in [-0.15, -0.1) is 11.8 Å². The number of hydrogen-bond donors (Lipinski definition) is 1. The van der Waals surface area contributed by atoms with Crippen LogP contribution in [0.25, 0.3) is 0 Å². The van der Waals surface area contributed by atoms with E-state index in [0.717, 1.165) is 5.56 Å². The van der Waals surface area contributed by atoms with Crippen molar-refractivity contribution in [2.75, 3.05) is 5.75 Å². The van der Waals surface area contributed by atoms with Crippen LogP contribution in [0.4, 0.5) is 4.39 Å². The van der Waals surface area contributed by atoms with E-state index in [0.29, 0.717) is 11.7 Å². The van der Waals surface area contributed by atoms with Crippen molar-refractivity contribution >= 4 is 17.7 Å². The van der Waals surface area contributed by atoms with E-state index >= 15 is 0 Å². The number of carbonyl (C=O) groups is 1. The molecule has 1 amide bonds. The Hall–Kier alpha value is -1.03. The highest BCUT2D eigenvalue weighted by molar-refractivity contribution is 8.00. The molecule has 2 unspecified atom stereocenters. The molecule has 4 heteroatoms. The second kappa shape index (κ2) is 7.53. The molecule has 1 N–H and O–H groups in total. The molecule has 1 rings (SSSR count). The van der Waals surface area contributed by atoms with Crippen LogP contribution in [0.15, 0.2) is 24.3 Å². The number of nitrogens with one attached hydrogen (secondary N) is 1. The van der Waals surface area contributed by atoms with E-state index in [1.807, 2.05) is 13.8 Å². The van der Waals surface area contributed by atoms with Crippen LogP contribution < -0.4 is 5.32 Å². The first kappa shape index (κ1) is 16.0. The Labute approximate surface area is 119 Å². The third kappa shape index (κ3) is 5.64. The molecule has 0 heterocycles. The number of benzene rings is 1. The molecule has 0 saturated carbocycles. The molecule has 0 radical (unpaired) electrons. The molecule has 0 bridgehead atoms. The normalized spacial score (nSPS) is 14.2. The van der Waals surface area contributed by atoms with Gasteiger partial charge in [0.05, 0.1) is 5.75 Å². The summed E-state index contributed by atoms with van der Waals surface area (Å²) in [7, 11) is 0. The van der Waals surface area contributed by atoms with Gasteiger partial charge in [0.15, 0.2) is 0 Å². The van der Waals surface area contributed by atoms with Crippen LogP contribution in [-0.2, 0) is 4.79 Å². The van der Waals surface area contributed by atoms with Crippen LogP contribution in [0.3, 0.4) is 0 Å². The maximum absolute atomic E-state index is 12.8. The summed E-state index contributed by atoms with van der Waals surface area (Å²) >= 11 is 1.56. The Morgan fingerprint density at radius 2 is 1.79 bits per heavy atom. The molecule has 0 aromatic heterocycles. The van der Waals surface area contributed by atoms with Crippen LogP contribution in [0.5, 0.6) is 0 Å². The molecule has 0 aliphatic heterocycles. The Balaban J connectivity index is 2.39. The molecule has 0 spiro atoms. The first-order valence-corrected chi connectivity index (χ1v) is 7.61. The average Bonchev–Trinajstić information content (AvgIpc) is 2.36. The van der Waals surface area contributed by atoms with Crippen LogP contribution >= 0.6 is 11.8 Å². The Morgan fingerprint density at radius 3 is 2.32 bits per heavy atom. The minimum atomic E-state index is -0.232. The predicted molar refractivity (Wildman–Crippen MR) is 79.7 cm³/mol. The molecule has 1 aromatic carbocycles. The zero-order chi connectivity index (χ0) is 14.4. The number of carbonyl (C=O) groups excluding carboxylic acids is 1. The number of halogens is 1. The topological polar surface area (TPSA) is 29.1 Å². The predicted octanol–water partition coefficient (Wildman–Crippen LogP) is 3.78. The lowest BCUT2D eigenvalue weighted by Crippen LogP contribution is -2.37. The lowest BCUT2D eigenvalue weighted by Gasteiger charge is -2.18. The molecule has 106 valence electrons. The van der Waals surface area contributed by atoms with Gasteiger partial charge in [0.2, 0.25) is 5.91 Å². The van der Waals surface area contributed by atoms with Crippen molar-refractivity contribution in [3.05, 3.63) is 35.6 Å². The molecule has 2 atom stereocenters. The molecule has 19 heavy (non-hydrogen) atoms. The fourth-order valence-electron chi connectivity index (χ4n) is 1.49. The summed E-state index contributed by atoms with van der Waals surface area (Å²) in [6.07, 6.45) is 0. The number of rotatable bonds is 6. The summed E-state index contributed by atoms with van der Waals surface area (Å²) in [5.74, 6) is 0.684. The molecular weight excluding hydrogens is 261 g/mol. The van der Waals surface area contributed by atoms with Crippen molar-refractivity contribution in [1.82, 2.24) is 5.32 Å². The number of amides is 1.